The summed E-state index contributed by atoms with van der Waals surface area (Å²) in [7, 11) is 3.50. The molecule has 0 aromatic rings. The third-order valence-corrected chi connectivity index (χ3v) is 2.18. The lowest BCUT2D eigenvalue weighted by atomic mass is 10.3. The average Bonchev–Trinajstić information content (AvgIpc) is 2.41. The van der Waals surface area contributed by atoms with Crippen molar-refractivity contribution in [2.24, 2.45) is 0 Å². The van der Waals surface area contributed by atoms with E-state index in [1.165, 1.54) is 0 Å². The largest absolute Gasteiger partial charge is 0.501 e. The Bertz CT molecular complexity index is 312. The van der Waals surface area contributed by atoms with Gasteiger partial charge in [-0.1, -0.05) is 0 Å². The fourth-order valence-electron chi connectivity index (χ4n) is 1.40. The normalized spacial score (nSPS) is 15.9. The molecule has 1 heterocycles. The van der Waals surface area contributed by atoms with Gasteiger partial charge in [0.15, 0.2) is 5.70 Å². The topological polar surface area (TPSA) is 81.7 Å². The Morgan fingerprint density at radius 1 is 1.40 bits per heavy atom. The van der Waals surface area contributed by atoms with Gasteiger partial charge in [0, 0.05) is 13.6 Å². The van der Waals surface area contributed by atoms with Crippen molar-refractivity contribution < 1.29 is 14.7 Å². The predicted octanol–water partition coefficient (Wildman–Crippen LogP) is -1.05. The molecule has 84 valence electrons. The van der Waals surface area contributed by atoms with Gasteiger partial charge in [0.1, 0.15) is 0 Å². The van der Waals surface area contributed by atoms with E-state index in [1.54, 1.807) is 11.9 Å². The first-order valence-electron chi connectivity index (χ1n) is 4.72. The van der Waals surface area contributed by atoms with E-state index in [2.05, 4.69) is 5.32 Å². The number of aliphatic hydroxyl groups excluding tert-OH is 1. The van der Waals surface area contributed by atoms with Crippen molar-refractivity contribution in [2.45, 2.75) is 6.42 Å². The number of nitrogens with one attached hydrogen (secondary N) is 2. The maximum Gasteiger partial charge on any atom is 0.295 e. The van der Waals surface area contributed by atoms with Gasteiger partial charge in [-0.2, -0.15) is 0 Å². The molecule has 0 saturated carbocycles. The van der Waals surface area contributed by atoms with Gasteiger partial charge in [0.2, 0.25) is 5.76 Å². The van der Waals surface area contributed by atoms with Crippen LogP contribution < -0.4 is 10.6 Å². The summed E-state index contributed by atoms with van der Waals surface area (Å²) >= 11 is 0. The SMILES string of the molecule is CNCCCN(C)C1=C(O)C(=O)NC1=O. The molecule has 0 atom stereocenters. The number of carbonyl (C=O) groups excluding carboxylic acids is 2. The van der Waals surface area contributed by atoms with Gasteiger partial charge >= 0.3 is 0 Å². The number of carbonyl (C=O) groups is 2. The molecule has 0 unspecified atom stereocenters. The van der Waals surface area contributed by atoms with Gasteiger partial charge in [-0.3, -0.25) is 14.9 Å². The lowest BCUT2D eigenvalue weighted by molar-refractivity contribution is -0.125. The van der Waals surface area contributed by atoms with E-state index in [-0.39, 0.29) is 5.70 Å². The molecular weight excluding hydrogens is 198 g/mol. The molecule has 0 bridgehead atoms. The summed E-state index contributed by atoms with van der Waals surface area (Å²) in [6.45, 7) is 1.41. The van der Waals surface area contributed by atoms with Crippen molar-refractivity contribution in [3.05, 3.63) is 11.5 Å². The molecule has 0 spiro atoms. The molecule has 2 amide bonds. The van der Waals surface area contributed by atoms with E-state index in [0.29, 0.717) is 6.54 Å². The number of likely N-dealkylation sites (N-methyl/N-ethyl adjacent to an activating group) is 1. The number of rotatable bonds is 5. The lowest BCUT2D eigenvalue weighted by Gasteiger charge is -2.18. The van der Waals surface area contributed by atoms with Crippen molar-refractivity contribution in [1.29, 1.82) is 0 Å². The molecule has 1 rings (SSSR count). The summed E-state index contributed by atoms with van der Waals surface area (Å²) in [4.78, 5) is 23.8. The monoisotopic (exact) mass is 213 g/mol. The second-order valence-electron chi connectivity index (χ2n) is 3.36. The number of aliphatic hydroxyl groups is 1. The van der Waals surface area contributed by atoms with Crippen LogP contribution in [0.3, 0.4) is 0 Å². The fourth-order valence-corrected chi connectivity index (χ4v) is 1.40. The van der Waals surface area contributed by atoms with Gasteiger partial charge in [-0.25, -0.2) is 0 Å². The highest BCUT2D eigenvalue weighted by molar-refractivity contribution is 6.17. The third-order valence-electron chi connectivity index (χ3n) is 2.18. The number of amides is 2. The maximum absolute atomic E-state index is 11.3. The zero-order valence-corrected chi connectivity index (χ0v) is 8.83. The van der Waals surface area contributed by atoms with Gasteiger partial charge < -0.3 is 15.3 Å². The molecule has 15 heavy (non-hydrogen) atoms. The number of imide groups is 1. The van der Waals surface area contributed by atoms with Crippen molar-refractivity contribution in [2.75, 3.05) is 27.2 Å². The number of hydrogen-bond acceptors (Lipinski definition) is 5. The summed E-state index contributed by atoms with van der Waals surface area (Å²) in [6, 6.07) is 0. The van der Waals surface area contributed by atoms with E-state index < -0.39 is 17.6 Å². The molecule has 6 heteroatoms. The summed E-state index contributed by atoms with van der Waals surface area (Å²) in [5.74, 6) is -1.76. The van der Waals surface area contributed by atoms with Crippen molar-refractivity contribution >= 4 is 11.8 Å². The van der Waals surface area contributed by atoms with E-state index in [0.717, 1.165) is 13.0 Å². The maximum atomic E-state index is 11.3. The van der Waals surface area contributed by atoms with Crippen LogP contribution in [0.25, 0.3) is 0 Å². The Morgan fingerprint density at radius 2 is 2.07 bits per heavy atom. The molecule has 0 aromatic carbocycles. The molecule has 0 fully saturated rings. The van der Waals surface area contributed by atoms with Crippen LogP contribution in [0, 0.1) is 0 Å². The first kappa shape index (κ1) is 11.5. The third kappa shape index (κ3) is 2.47. The summed E-state index contributed by atoms with van der Waals surface area (Å²) in [6.07, 6.45) is 0.825. The number of nitrogens with zero attached hydrogens (tertiary/aromatic N) is 1. The first-order chi connectivity index (χ1) is 7.07. The van der Waals surface area contributed by atoms with Gasteiger partial charge in [0.25, 0.3) is 11.8 Å². The Hall–Kier alpha value is -1.56. The van der Waals surface area contributed by atoms with Crippen molar-refractivity contribution in [1.82, 2.24) is 15.5 Å². The van der Waals surface area contributed by atoms with Crippen LogP contribution in [0.5, 0.6) is 0 Å². The average molecular weight is 213 g/mol. The Balaban J connectivity index is 2.62. The molecule has 1 aliphatic rings. The van der Waals surface area contributed by atoms with E-state index in [9.17, 15) is 14.7 Å². The zero-order valence-electron chi connectivity index (χ0n) is 8.83. The predicted molar refractivity (Wildman–Crippen MR) is 54.0 cm³/mol. The molecule has 3 N–H and O–H groups in total. The minimum absolute atomic E-state index is 0.0519. The highest BCUT2D eigenvalue weighted by Crippen LogP contribution is 2.13. The van der Waals surface area contributed by atoms with Gasteiger partial charge in [-0.15, -0.1) is 0 Å². The van der Waals surface area contributed by atoms with E-state index in [1.807, 2.05) is 12.4 Å². The van der Waals surface area contributed by atoms with Crippen LogP contribution in [-0.2, 0) is 9.59 Å². The van der Waals surface area contributed by atoms with Crippen LogP contribution >= 0.6 is 0 Å². The fraction of sp³-hybridized carbons (Fsp3) is 0.556. The molecular formula is C9H15N3O3. The Labute approximate surface area is 87.9 Å². The summed E-state index contributed by atoms with van der Waals surface area (Å²) in [5, 5.41) is 14.3. The quantitative estimate of drug-likeness (QED) is 0.401. The Morgan fingerprint density at radius 3 is 2.53 bits per heavy atom. The van der Waals surface area contributed by atoms with Crippen LogP contribution in [0.1, 0.15) is 6.42 Å². The smallest absolute Gasteiger partial charge is 0.295 e. The molecule has 1 aliphatic heterocycles. The minimum Gasteiger partial charge on any atom is -0.501 e. The van der Waals surface area contributed by atoms with Gasteiger partial charge in [0.05, 0.1) is 0 Å². The van der Waals surface area contributed by atoms with Crippen molar-refractivity contribution in [3.8, 4) is 0 Å². The highest BCUT2D eigenvalue weighted by Gasteiger charge is 2.32. The van der Waals surface area contributed by atoms with E-state index in [4.69, 9.17) is 0 Å². The number of hydrogen-bond donors (Lipinski definition) is 3. The Kier molecular flexibility index (Phi) is 3.68. The van der Waals surface area contributed by atoms with Crippen molar-refractivity contribution in [3.63, 3.8) is 0 Å². The van der Waals surface area contributed by atoms with Crippen LogP contribution in [0.4, 0.5) is 0 Å². The molecule has 0 aliphatic carbocycles. The molecule has 0 saturated heterocycles. The lowest BCUT2D eigenvalue weighted by Crippen LogP contribution is -2.30. The standard InChI is InChI=1S/C9H15N3O3/c1-10-4-3-5-12(2)6-7(13)9(15)11-8(6)14/h10H,3-5H2,1-2H3,(H2,11,13,14,15). The second-order valence-corrected chi connectivity index (χ2v) is 3.36. The molecule has 0 radical (unpaired) electrons. The zero-order chi connectivity index (χ0) is 11.4. The van der Waals surface area contributed by atoms with Crippen LogP contribution in [-0.4, -0.2) is 49.0 Å². The molecule has 6 nitrogen and oxygen atoms in total. The summed E-state index contributed by atoms with van der Waals surface area (Å²) < 4.78 is 0. The van der Waals surface area contributed by atoms with Gasteiger partial charge in [-0.05, 0) is 20.0 Å². The van der Waals surface area contributed by atoms with Crippen LogP contribution in [0.15, 0.2) is 11.5 Å². The first-order valence-corrected chi connectivity index (χ1v) is 4.72. The molecule has 0 aromatic heterocycles. The minimum atomic E-state index is -0.726. The summed E-state index contributed by atoms with van der Waals surface area (Å²) in [5.41, 5.74) is 0.0519. The van der Waals surface area contributed by atoms with E-state index >= 15 is 0 Å². The highest BCUT2D eigenvalue weighted by atomic mass is 16.3. The van der Waals surface area contributed by atoms with Crippen LogP contribution in [0.2, 0.25) is 0 Å². The second kappa shape index (κ2) is 4.79.